The maximum atomic E-state index is 6.26. The molecule has 1 aliphatic carbocycles. The number of nitrogens with two attached hydrogens (primary N) is 1. The fourth-order valence-corrected chi connectivity index (χ4v) is 3.08. The van der Waals surface area contributed by atoms with Crippen molar-refractivity contribution >= 4 is 5.69 Å². The lowest BCUT2D eigenvalue weighted by Gasteiger charge is -2.34. The summed E-state index contributed by atoms with van der Waals surface area (Å²) in [6, 6.07) is 9.26. The highest BCUT2D eigenvalue weighted by molar-refractivity contribution is 5.47. The summed E-state index contributed by atoms with van der Waals surface area (Å²) in [6.07, 6.45) is 4.82. The van der Waals surface area contributed by atoms with Crippen molar-refractivity contribution in [1.82, 2.24) is 0 Å². The van der Waals surface area contributed by atoms with Gasteiger partial charge in [0, 0.05) is 30.7 Å². The molecule has 0 heterocycles. The number of anilines is 1. The van der Waals surface area contributed by atoms with Gasteiger partial charge in [0.25, 0.3) is 0 Å². The highest BCUT2D eigenvalue weighted by atomic mass is 15.1. The molecule has 0 radical (unpaired) electrons. The van der Waals surface area contributed by atoms with Gasteiger partial charge in [-0.2, -0.15) is 0 Å². The van der Waals surface area contributed by atoms with Crippen LogP contribution >= 0.6 is 0 Å². The van der Waals surface area contributed by atoms with Gasteiger partial charge >= 0.3 is 0 Å². The summed E-state index contributed by atoms with van der Waals surface area (Å²) in [4.78, 5) is 2.35. The van der Waals surface area contributed by atoms with Crippen molar-refractivity contribution in [2.24, 2.45) is 11.1 Å². The van der Waals surface area contributed by atoms with Gasteiger partial charge in [0.1, 0.15) is 0 Å². The average Bonchev–Trinajstić information content (AvgIpc) is 2.69. The van der Waals surface area contributed by atoms with Gasteiger partial charge in [-0.3, -0.25) is 0 Å². The quantitative estimate of drug-likeness (QED) is 0.884. The summed E-state index contributed by atoms with van der Waals surface area (Å²) in [5, 5.41) is 0. The van der Waals surface area contributed by atoms with Crippen LogP contribution in [0.4, 0.5) is 5.69 Å². The van der Waals surface area contributed by atoms with Gasteiger partial charge in [-0.15, -0.1) is 0 Å². The fourth-order valence-electron chi connectivity index (χ4n) is 3.08. The van der Waals surface area contributed by atoms with Crippen molar-refractivity contribution in [3.63, 3.8) is 0 Å². The van der Waals surface area contributed by atoms with Crippen molar-refractivity contribution in [3.05, 3.63) is 29.8 Å². The minimum Gasteiger partial charge on any atom is -0.374 e. The first-order valence-electron chi connectivity index (χ1n) is 7.11. The van der Waals surface area contributed by atoms with E-state index in [0.29, 0.717) is 6.04 Å². The Morgan fingerprint density at radius 2 is 2.00 bits per heavy atom. The highest BCUT2D eigenvalue weighted by Gasteiger charge is 2.37. The highest BCUT2D eigenvalue weighted by Crippen LogP contribution is 2.37. The van der Waals surface area contributed by atoms with Gasteiger partial charge in [-0.1, -0.05) is 32.4 Å². The van der Waals surface area contributed by atoms with Gasteiger partial charge in [0.2, 0.25) is 0 Å². The van der Waals surface area contributed by atoms with Crippen molar-refractivity contribution in [3.8, 4) is 0 Å². The second kappa shape index (κ2) is 5.31. The lowest BCUT2D eigenvalue weighted by Crippen LogP contribution is -2.43. The standard InChI is InChI=1S/C16H26N2/c1-4-13-7-9-14(10-8-13)18(3)12-16(2)11-5-6-15(16)17/h7-10,15H,4-6,11-12,17H2,1-3H3. The van der Waals surface area contributed by atoms with Gasteiger partial charge in [-0.05, 0) is 37.0 Å². The molecule has 0 bridgehead atoms. The Kier molecular flexibility index (Phi) is 3.96. The van der Waals surface area contributed by atoms with Crippen LogP contribution in [0, 0.1) is 5.41 Å². The van der Waals surface area contributed by atoms with Crippen molar-refractivity contribution in [1.29, 1.82) is 0 Å². The molecular weight excluding hydrogens is 220 g/mol. The monoisotopic (exact) mass is 246 g/mol. The number of benzene rings is 1. The molecule has 1 aromatic carbocycles. The molecule has 0 spiro atoms. The van der Waals surface area contributed by atoms with Crippen LogP contribution in [0.25, 0.3) is 0 Å². The minimum atomic E-state index is 0.276. The zero-order valence-electron chi connectivity index (χ0n) is 11.9. The second-order valence-corrected chi connectivity index (χ2v) is 6.03. The summed E-state index contributed by atoms with van der Waals surface area (Å²) in [5.41, 5.74) is 9.23. The molecule has 0 saturated heterocycles. The van der Waals surface area contributed by atoms with Gasteiger partial charge in [-0.25, -0.2) is 0 Å². The number of hydrogen-bond donors (Lipinski definition) is 1. The molecule has 1 aromatic rings. The first-order valence-corrected chi connectivity index (χ1v) is 7.11. The summed E-state index contributed by atoms with van der Waals surface area (Å²) in [7, 11) is 2.18. The molecule has 100 valence electrons. The molecule has 1 fully saturated rings. The summed E-state index contributed by atoms with van der Waals surface area (Å²) in [5.74, 6) is 0. The zero-order chi connectivity index (χ0) is 13.2. The first-order chi connectivity index (χ1) is 8.55. The molecule has 1 saturated carbocycles. The summed E-state index contributed by atoms with van der Waals surface area (Å²) < 4.78 is 0. The van der Waals surface area contributed by atoms with Crippen LogP contribution in [0.2, 0.25) is 0 Å². The van der Waals surface area contributed by atoms with Crippen LogP contribution in [0.15, 0.2) is 24.3 Å². The second-order valence-electron chi connectivity index (χ2n) is 6.03. The maximum Gasteiger partial charge on any atom is 0.0363 e. The molecular formula is C16H26N2. The lowest BCUT2D eigenvalue weighted by atomic mass is 9.84. The lowest BCUT2D eigenvalue weighted by molar-refractivity contribution is 0.301. The van der Waals surface area contributed by atoms with Gasteiger partial charge < -0.3 is 10.6 Å². The Labute approximate surface area is 111 Å². The third-order valence-corrected chi connectivity index (χ3v) is 4.54. The zero-order valence-corrected chi connectivity index (χ0v) is 11.9. The number of nitrogens with zero attached hydrogens (tertiary/aromatic N) is 1. The predicted octanol–water partition coefficient (Wildman–Crippen LogP) is 3.20. The molecule has 0 aliphatic heterocycles. The minimum absolute atomic E-state index is 0.276. The first kappa shape index (κ1) is 13.4. The van der Waals surface area contributed by atoms with Crippen LogP contribution in [-0.4, -0.2) is 19.6 Å². The van der Waals surface area contributed by atoms with Crippen molar-refractivity contribution in [2.75, 3.05) is 18.5 Å². The number of hydrogen-bond acceptors (Lipinski definition) is 2. The Morgan fingerprint density at radius 1 is 1.33 bits per heavy atom. The largest absolute Gasteiger partial charge is 0.374 e. The molecule has 1 aliphatic rings. The topological polar surface area (TPSA) is 29.3 Å². The molecule has 2 rings (SSSR count). The maximum absolute atomic E-state index is 6.26. The Hall–Kier alpha value is -1.02. The van der Waals surface area contributed by atoms with Crippen molar-refractivity contribution in [2.45, 2.75) is 45.6 Å². The van der Waals surface area contributed by atoms with E-state index in [4.69, 9.17) is 5.73 Å². The van der Waals surface area contributed by atoms with E-state index in [1.807, 2.05) is 0 Å². The molecule has 2 heteroatoms. The van der Waals surface area contributed by atoms with Crippen molar-refractivity contribution < 1.29 is 0 Å². The smallest absolute Gasteiger partial charge is 0.0363 e. The van der Waals surface area contributed by atoms with E-state index in [9.17, 15) is 0 Å². The molecule has 2 nitrogen and oxygen atoms in total. The van der Waals surface area contributed by atoms with E-state index in [1.165, 1.54) is 30.5 Å². The van der Waals surface area contributed by atoms with Crippen LogP contribution in [-0.2, 0) is 6.42 Å². The normalized spacial score (nSPS) is 27.4. The van der Waals surface area contributed by atoms with Gasteiger partial charge in [0.15, 0.2) is 0 Å². The molecule has 0 amide bonds. The van der Waals surface area contributed by atoms with E-state index < -0.39 is 0 Å². The molecule has 2 atom stereocenters. The molecule has 2 unspecified atom stereocenters. The van der Waals surface area contributed by atoms with E-state index in [2.05, 4.69) is 50.1 Å². The Morgan fingerprint density at radius 3 is 2.50 bits per heavy atom. The SMILES string of the molecule is CCc1ccc(N(C)CC2(C)CCCC2N)cc1. The van der Waals surface area contributed by atoms with Crippen LogP contribution in [0.1, 0.15) is 38.7 Å². The molecule has 18 heavy (non-hydrogen) atoms. The van der Waals surface area contributed by atoms with Crippen LogP contribution < -0.4 is 10.6 Å². The summed E-state index contributed by atoms with van der Waals surface area (Å²) in [6.45, 7) is 5.58. The third-order valence-electron chi connectivity index (χ3n) is 4.54. The average molecular weight is 246 g/mol. The van der Waals surface area contributed by atoms with E-state index in [0.717, 1.165) is 13.0 Å². The Bertz CT molecular complexity index is 385. The fraction of sp³-hybridized carbons (Fsp3) is 0.625. The van der Waals surface area contributed by atoms with Crippen LogP contribution in [0.3, 0.4) is 0 Å². The third kappa shape index (κ3) is 2.69. The van der Waals surface area contributed by atoms with E-state index in [1.54, 1.807) is 0 Å². The van der Waals surface area contributed by atoms with Gasteiger partial charge in [0.05, 0.1) is 0 Å². The molecule has 0 aromatic heterocycles. The number of rotatable bonds is 4. The van der Waals surface area contributed by atoms with Crippen LogP contribution in [0.5, 0.6) is 0 Å². The predicted molar refractivity (Wildman–Crippen MR) is 79.0 cm³/mol. The van der Waals surface area contributed by atoms with E-state index in [-0.39, 0.29) is 5.41 Å². The Balaban J connectivity index is 2.04. The van der Waals surface area contributed by atoms with E-state index >= 15 is 0 Å². The summed E-state index contributed by atoms with van der Waals surface area (Å²) >= 11 is 0. The number of aryl methyl sites for hydroxylation is 1. The molecule has 2 N–H and O–H groups in total.